The number of rotatable bonds is 4. The molecular weight excluding hydrogens is 535 g/mol. The third-order valence-electron chi connectivity index (χ3n) is 9.12. The fourth-order valence-corrected chi connectivity index (χ4v) is 17.5. The van der Waals surface area contributed by atoms with Gasteiger partial charge >= 0.3 is 0 Å². The third kappa shape index (κ3) is 4.88. The summed E-state index contributed by atoms with van der Waals surface area (Å²) < 4.78 is 0. The first kappa shape index (κ1) is 26.2. The van der Waals surface area contributed by atoms with Crippen LogP contribution < -0.4 is 10.4 Å². The molecule has 0 N–H and O–H groups in total. The highest BCUT2D eigenvalue weighted by Crippen LogP contribution is 2.42. The summed E-state index contributed by atoms with van der Waals surface area (Å²) in [7, 11) is -5.40. The SMILES string of the molecule is Cl[Si](C#C[Si](Cl)(c1cccc2ccccc12)C1CCCCC1)(c1cccc2ccccc12)C1CCCCC1. The molecule has 2 atom stereocenters. The predicted octanol–water partition coefficient (Wildman–Crippen LogP) is 9.23. The van der Waals surface area contributed by atoms with Gasteiger partial charge in [-0.1, -0.05) is 149 Å². The monoisotopic (exact) mass is 570 g/mol. The molecule has 2 aliphatic rings. The van der Waals surface area contributed by atoms with Crippen molar-refractivity contribution in [3.05, 3.63) is 84.9 Å². The van der Waals surface area contributed by atoms with Crippen molar-refractivity contribution in [1.82, 2.24) is 0 Å². The normalized spacial score (nSPS) is 20.4. The van der Waals surface area contributed by atoms with Gasteiger partial charge in [0.05, 0.1) is 0 Å². The van der Waals surface area contributed by atoms with Crippen LogP contribution in [-0.4, -0.2) is 14.8 Å². The van der Waals surface area contributed by atoms with Crippen molar-refractivity contribution in [1.29, 1.82) is 0 Å². The minimum Gasteiger partial charge on any atom is -0.144 e. The molecule has 2 unspecified atom stereocenters. The second kappa shape index (κ2) is 11.2. The standard InChI is InChI=1S/C34H36Cl2Si2/c35-37(29-17-3-1-4-18-29,33-23-11-15-27-13-7-9-21-31(27)33)25-26-38(36,30-19-5-2-6-20-30)34-24-12-16-28-14-8-10-22-32(28)34/h7-16,21-24,29-30H,1-6,17-20H2. The predicted molar refractivity (Wildman–Crippen MR) is 172 cm³/mol. The van der Waals surface area contributed by atoms with E-state index in [1.807, 2.05) is 0 Å². The van der Waals surface area contributed by atoms with Gasteiger partial charge in [-0.25, -0.2) is 0 Å². The summed E-state index contributed by atoms with van der Waals surface area (Å²) in [6, 6.07) is 30.8. The van der Waals surface area contributed by atoms with E-state index >= 15 is 0 Å². The lowest BCUT2D eigenvalue weighted by Crippen LogP contribution is -2.50. The van der Waals surface area contributed by atoms with Crippen LogP contribution in [0, 0.1) is 11.1 Å². The van der Waals surface area contributed by atoms with E-state index < -0.39 is 14.8 Å². The Morgan fingerprint density at radius 3 is 1.26 bits per heavy atom. The Balaban J connectivity index is 1.56. The number of fused-ring (bicyclic) bond motifs is 2. The van der Waals surface area contributed by atoms with Crippen LogP contribution in [0.4, 0.5) is 0 Å². The van der Waals surface area contributed by atoms with Gasteiger partial charge in [-0.15, -0.1) is 33.2 Å². The zero-order valence-corrected chi connectivity index (χ0v) is 25.6. The number of hydrogen-bond donors (Lipinski definition) is 0. The summed E-state index contributed by atoms with van der Waals surface area (Å²) in [4.78, 5) is 0. The van der Waals surface area contributed by atoms with Gasteiger partial charge in [0.2, 0.25) is 0 Å². The third-order valence-corrected chi connectivity index (χ3v) is 19.8. The lowest BCUT2D eigenvalue weighted by Gasteiger charge is -2.35. The summed E-state index contributed by atoms with van der Waals surface area (Å²) >= 11 is 16.0. The smallest absolute Gasteiger partial charge is 0.144 e. The largest absolute Gasteiger partial charge is 0.266 e. The van der Waals surface area contributed by atoms with Gasteiger partial charge in [-0.3, -0.25) is 0 Å². The van der Waals surface area contributed by atoms with Crippen molar-refractivity contribution < 1.29 is 0 Å². The topological polar surface area (TPSA) is 0 Å². The highest BCUT2D eigenvalue weighted by atomic mass is 35.6. The van der Waals surface area contributed by atoms with Crippen LogP contribution in [0.15, 0.2) is 84.9 Å². The van der Waals surface area contributed by atoms with Gasteiger partial charge in [0.1, 0.15) is 0 Å². The van der Waals surface area contributed by atoms with Crippen LogP contribution >= 0.6 is 22.2 Å². The zero-order valence-electron chi connectivity index (χ0n) is 22.1. The molecule has 0 bridgehead atoms. The van der Waals surface area contributed by atoms with Crippen LogP contribution in [0.2, 0.25) is 11.1 Å². The summed E-state index contributed by atoms with van der Waals surface area (Å²) in [5, 5.41) is 7.67. The minimum atomic E-state index is -2.70. The van der Waals surface area contributed by atoms with Crippen LogP contribution in [0.3, 0.4) is 0 Å². The van der Waals surface area contributed by atoms with E-state index in [1.54, 1.807) is 0 Å². The first-order chi connectivity index (χ1) is 18.6. The Kier molecular flexibility index (Phi) is 7.74. The highest BCUT2D eigenvalue weighted by molar-refractivity contribution is 7.36. The molecule has 4 aromatic carbocycles. The van der Waals surface area contributed by atoms with Crippen molar-refractivity contribution in [3.63, 3.8) is 0 Å². The summed E-state index contributed by atoms with van der Waals surface area (Å²) in [6.45, 7) is 0. The lowest BCUT2D eigenvalue weighted by atomic mass is 10.0. The Morgan fingerprint density at radius 1 is 0.474 bits per heavy atom. The van der Waals surface area contributed by atoms with E-state index in [0.29, 0.717) is 11.1 Å². The fraction of sp³-hybridized carbons (Fsp3) is 0.353. The van der Waals surface area contributed by atoms with Crippen molar-refractivity contribution in [3.8, 4) is 11.1 Å². The molecule has 0 aromatic heterocycles. The molecule has 4 aromatic rings. The van der Waals surface area contributed by atoms with Gasteiger partial charge in [0.25, 0.3) is 14.8 Å². The van der Waals surface area contributed by atoms with E-state index in [9.17, 15) is 0 Å². The fourth-order valence-electron chi connectivity index (χ4n) is 7.05. The van der Waals surface area contributed by atoms with Crippen LogP contribution in [0.5, 0.6) is 0 Å². The molecule has 2 aliphatic carbocycles. The first-order valence-corrected chi connectivity index (χ1v) is 20.7. The molecule has 0 spiro atoms. The number of benzene rings is 4. The van der Waals surface area contributed by atoms with Gasteiger partial charge in [-0.05, 0) is 43.0 Å². The Morgan fingerprint density at radius 2 is 0.842 bits per heavy atom. The molecule has 6 rings (SSSR count). The Hall–Kier alpha value is -2.03. The number of halogens is 2. The second-order valence-electron chi connectivity index (χ2n) is 11.4. The summed E-state index contributed by atoms with van der Waals surface area (Å²) in [5.41, 5.74) is 8.84. The van der Waals surface area contributed by atoms with E-state index in [2.05, 4.69) is 96.0 Å². The van der Waals surface area contributed by atoms with E-state index in [0.717, 1.165) is 0 Å². The molecule has 0 amide bonds. The maximum Gasteiger partial charge on any atom is 0.266 e. The Labute approximate surface area is 239 Å². The molecule has 0 radical (unpaired) electrons. The average molecular weight is 572 g/mol. The quantitative estimate of drug-likeness (QED) is 0.130. The van der Waals surface area contributed by atoms with Crippen molar-refractivity contribution >= 4 is 68.8 Å². The Bertz CT molecular complexity index is 1370. The summed E-state index contributed by atoms with van der Waals surface area (Å²) in [5.74, 6) is 0. The van der Waals surface area contributed by atoms with E-state index in [1.165, 1.54) is 96.1 Å². The van der Waals surface area contributed by atoms with Crippen molar-refractivity contribution in [2.24, 2.45) is 0 Å². The maximum absolute atomic E-state index is 8.00. The second-order valence-corrected chi connectivity index (χ2v) is 21.0. The van der Waals surface area contributed by atoms with E-state index in [4.69, 9.17) is 22.2 Å². The summed E-state index contributed by atoms with van der Waals surface area (Å²) in [6.07, 6.45) is 12.4. The molecule has 2 saturated carbocycles. The molecule has 38 heavy (non-hydrogen) atoms. The van der Waals surface area contributed by atoms with Gasteiger partial charge in [-0.2, -0.15) is 0 Å². The van der Waals surface area contributed by atoms with Crippen LogP contribution in [0.1, 0.15) is 64.2 Å². The van der Waals surface area contributed by atoms with Crippen molar-refractivity contribution in [2.75, 3.05) is 0 Å². The first-order valence-electron chi connectivity index (χ1n) is 14.5. The van der Waals surface area contributed by atoms with Gasteiger partial charge < -0.3 is 0 Å². The number of hydrogen-bond acceptors (Lipinski definition) is 0. The van der Waals surface area contributed by atoms with Crippen LogP contribution in [-0.2, 0) is 0 Å². The van der Waals surface area contributed by atoms with Crippen LogP contribution in [0.25, 0.3) is 21.5 Å². The molecule has 4 heteroatoms. The lowest BCUT2D eigenvalue weighted by molar-refractivity contribution is 0.498. The molecular formula is C34H36Cl2Si2. The highest BCUT2D eigenvalue weighted by Gasteiger charge is 2.46. The zero-order chi connectivity index (χ0) is 26.0. The molecule has 194 valence electrons. The van der Waals surface area contributed by atoms with E-state index in [-0.39, 0.29) is 0 Å². The average Bonchev–Trinajstić information content (AvgIpc) is 3.00. The van der Waals surface area contributed by atoms with Gasteiger partial charge in [0.15, 0.2) is 0 Å². The van der Waals surface area contributed by atoms with Gasteiger partial charge in [0, 0.05) is 0 Å². The maximum atomic E-state index is 8.00. The molecule has 2 fully saturated rings. The molecule has 0 aliphatic heterocycles. The minimum absolute atomic E-state index is 0.463. The van der Waals surface area contributed by atoms with Crippen molar-refractivity contribution in [2.45, 2.75) is 75.3 Å². The molecule has 0 saturated heterocycles. The molecule has 0 heterocycles. The molecule has 0 nitrogen and oxygen atoms in total.